The number of aryl methyl sites for hydroxylation is 1. The predicted octanol–water partition coefficient (Wildman–Crippen LogP) is 0.994. The summed E-state index contributed by atoms with van der Waals surface area (Å²) in [6.07, 6.45) is 2.16. The summed E-state index contributed by atoms with van der Waals surface area (Å²) in [6.45, 7) is 1.09. The van der Waals surface area contributed by atoms with E-state index in [1.54, 1.807) is 15.5 Å². The van der Waals surface area contributed by atoms with Crippen LogP contribution in [0.15, 0.2) is 16.7 Å². The van der Waals surface area contributed by atoms with Crippen molar-refractivity contribution in [2.24, 2.45) is 7.05 Å². The third kappa shape index (κ3) is 2.08. The van der Waals surface area contributed by atoms with E-state index >= 15 is 0 Å². The van der Waals surface area contributed by atoms with Gasteiger partial charge in [0, 0.05) is 30.8 Å². The first-order valence-corrected chi connectivity index (χ1v) is 5.66. The minimum Gasteiger partial charge on any atom is -0.391 e. The van der Waals surface area contributed by atoms with E-state index in [0.717, 1.165) is 4.47 Å². The van der Waals surface area contributed by atoms with E-state index in [0.29, 0.717) is 25.2 Å². The Bertz CT molecular complexity index is 389. The maximum absolute atomic E-state index is 12.0. The van der Waals surface area contributed by atoms with Crippen LogP contribution in [0.3, 0.4) is 0 Å². The standard InChI is InChI=1S/C10H13BrN2O2/c1-12-5-7(11)4-9(12)10(15)13-3-2-8(14)6-13/h4-5,8,14H,2-3,6H2,1H3. The lowest BCUT2D eigenvalue weighted by Crippen LogP contribution is -2.30. The number of amides is 1. The fraction of sp³-hybridized carbons (Fsp3) is 0.500. The van der Waals surface area contributed by atoms with E-state index in [2.05, 4.69) is 15.9 Å². The van der Waals surface area contributed by atoms with Crippen LogP contribution in [0.25, 0.3) is 0 Å². The molecular weight excluding hydrogens is 260 g/mol. The maximum atomic E-state index is 12.0. The van der Waals surface area contributed by atoms with E-state index in [9.17, 15) is 9.90 Å². The molecule has 1 amide bonds. The highest BCUT2D eigenvalue weighted by molar-refractivity contribution is 9.10. The largest absolute Gasteiger partial charge is 0.391 e. The fourth-order valence-electron chi connectivity index (χ4n) is 1.83. The van der Waals surface area contributed by atoms with Gasteiger partial charge in [0.15, 0.2) is 0 Å². The van der Waals surface area contributed by atoms with Crippen molar-refractivity contribution in [1.82, 2.24) is 9.47 Å². The molecule has 2 rings (SSSR count). The quantitative estimate of drug-likeness (QED) is 0.829. The van der Waals surface area contributed by atoms with Crippen LogP contribution in [0.2, 0.25) is 0 Å². The Kier molecular flexibility index (Phi) is 2.84. The molecule has 1 aromatic rings. The van der Waals surface area contributed by atoms with Crippen LogP contribution < -0.4 is 0 Å². The van der Waals surface area contributed by atoms with E-state index in [1.807, 2.05) is 13.2 Å². The average Bonchev–Trinajstić information content (AvgIpc) is 2.71. The van der Waals surface area contributed by atoms with Crippen LogP contribution in [0.4, 0.5) is 0 Å². The first-order chi connectivity index (χ1) is 7.08. The van der Waals surface area contributed by atoms with Crippen LogP contribution in [0.5, 0.6) is 0 Å². The molecule has 1 saturated heterocycles. The summed E-state index contributed by atoms with van der Waals surface area (Å²) < 4.78 is 2.69. The molecule has 1 unspecified atom stereocenters. The van der Waals surface area contributed by atoms with Crippen molar-refractivity contribution in [3.05, 3.63) is 22.4 Å². The molecule has 1 N–H and O–H groups in total. The number of likely N-dealkylation sites (tertiary alicyclic amines) is 1. The van der Waals surface area contributed by atoms with Gasteiger partial charge in [-0.05, 0) is 28.4 Å². The van der Waals surface area contributed by atoms with E-state index in [-0.39, 0.29) is 12.0 Å². The van der Waals surface area contributed by atoms with Crippen LogP contribution in [0, 0.1) is 0 Å². The second kappa shape index (κ2) is 3.98. The molecule has 1 aliphatic rings. The number of carbonyl (C=O) groups is 1. The molecule has 0 spiro atoms. The highest BCUT2D eigenvalue weighted by atomic mass is 79.9. The molecule has 2 heterocycles. The number of hydrogen-bond acceptors (Lipinski definition) is 2. The summed E-state index contributed by atoms with van der Waals surface area (Å²) in [5.41, 5.74) is 0.649. The maximum Gasteiger partial charge on any atom is 0.270 e. The molecule has 5 heteroatoms. The molecule has 0 radical (unpaired) electrons. The van der Waals surface area contributed by atoms with Gasteiger partial charge in [-0.25, -0.2) is 0 Å². The Morgan fingerprint density at radius 3 is 2.87 bits per heavy atom. The van der Waals surface area contributed by atoms with E-state index in [1.165, 1.54) is 0 Å². The normalized spacial score (nSPS) is 21.0. The van der Waals surface area contributed by atoms with Gasteiger partial charge in [0.25, 0.3) is 5.91 Å². The van der Waals surface area contributed by atoms with Crippen LogP contribution in [-0.4, -0.2) is 39.7 Å². The third-order valence-corrected chi connectivity index (χ3v) is 3.07. The number of β-amino-alcohol motifs (C(OH)–C–C–N with tert-alkyl or cyclic N) is 1. The van der Waals surface area contributed by atoms with Gasteiger partial charge >= 0.3 is 0 Å². The molecule has 0 saturated carbocycles. The Morgan fingerprint density at radius 1 is 1.67 bits per heavy atom. The summed E-state index contributed by atoms with van der Waals surface area (Å²) in [4.78, 5) is 13.7. The Hall–Kier alpha value is -0.810. The topological polar surface area (TPSA) is 45.5 Å². The molecule has 15 heavy (non-hydrogen) atoms. The summed E-state index contributed by atoms with van der Waals surface area (Å²) in [6, 6.07) is 1.80. The molecule has 0 aliphatic carbocycles. The van der Waals surface area contributed by atoms with Crippen molar-refractivity contribution in [3.8, 4) is 0 Å². The fourth-order valence-corrected chi connectivity index (χ4v) is 2.35. The number of aliphatic hydroxyl groups is 1. The molecule has 82 valence electrons. The molecule has 1 atom stereocenters. The van der Waals surface area contributed by atoms with Crippen molar-refractivity contribution in [2.75, 3.05) is 13.1 Å². The summed E-state index contributed by atoms with van der Waals surface area (Å²) >= 11 is 3.33. The zero-order valence-electron chi connectivity index (χ0n) is 8.48. The first-order valence-electron chi connectivity index (χ1n) is 4.87. The Balaban J connectivity index is 2.17. The van der Waals surface area contributed by atoms with Gasteiger partial charge < -0.3 is 14.6 Å². The number of rotatable bonds is 1. The number of aromatic nitrogens is 1. The zero-order chi connectivity index (χ0) is 11.0. The van der Waals surface area contributed by atoms with Crippen LogP contribution in [-0.2, 0) is 7.05 Å². The van der Waals surface area contributed by atoms with Gasteiger partial charge in [-0.1, -0.05) is 0 Å². The Morgan fingerprint density at radius 2 is 2.40 bits per heavy atom. The second-order valence-electron chi connectivity index (χ2n) is 3.85. The summed E-state index contributed by atoms with van der Waals surface area (Å²) in [5, 5.41) is 9.36. The molecule has 1 aromatic heterocycles. The van der Waals surface area contributed by atoms with Gasteiger partial charge in [0.1, 0.15) is 5.69 Å². The second-order valence-corrected chi connectivity index (χ2v) is 4.76. The number of carbonyl (C=O) groups excluding carboxylic acids is 1. The third-order valence-electron chi connectivity index (χ3n) is 2.64. The van der Waals surface area contributed by atoms with Crippen molar-refractivity contribution >= 4 is 21.8 Å². The minimum absolute atomic E-state index is 0.0141. The number of hydrogen-bond donors (Lipinski definition) is 1. The molecule has 1 aliphatic heterocycles. The predicted molar refractivity (Wildman–Crippen MR) is 59.6 cm³/mol. The van der Waals surface area contributed by atoms with Crippen molar-refractivity contribution in [3.63, 3.8) is 0 Å². The highest BCUT2D eigenvalue weighted by Crippen LogP contribution is 2.18. The van der Waals surface area contributed by atoms with Crippen molar-refractivity contribution < 1.29 is 9.90 Å². The summed E-state index contributed by atoms with van der Waals surface area (Å²) in [5.74, 6) is -0.0141. The van der Waals surface area contributed by atoms with Gasteiger partial charge in [-0.2, -0.15) is 0 Å². The van der Waals surface area contributed by atoms with Crippen LogP contribution >= 0.6 is 15.9 Å². The monoisotopic (exact) mass is 272 g/mol. The van der Waals surface area contributed by atoms with E-state index in [4.69, 9.17) is 0 Å². The van der Waals surface area contributed by atoms with Gasteiger partial charge in [0.05, 0.1) is 6.10 Å². The lowest BCUT2D eigenvalue weighted by molar-refractivity contribution is 0.0755. The number of aliphatic hydroxyl groups excluding tert-OH is 1. The Labute approximate surface area is 96.6 Å². The van der Waals surface area contributed by atoms with Gasteiger partial charge in [0.2, 0.25) is 0 Å². The molecule has 1 fully saturated rings. The number of nitrogens with zero attached hydrogens (tertiary/aromatic N) is 2. The lowest BCUT2D eigenvalue weighted by Gasteiger charge is -2.15. The molecule has 0 bridgehead atoms. The van der Waals surface area contributed by atoms with Gasteiger partial charge in [-0.3, -0.25) is 4.79 Å². The molecule has 4 nitrogen and oxygen atoms in total. The lowest BCUT2D eigenvalue weighted by atomic mass is 10.3. The first kappa shape index (κ1) is 10.7. The summed E-state index contributed by atoms with van der Waals surface area (Å²) in [7, 11) is 1.84. The SMILES string of the molecule is Cn1cc(Br)cc1C(=O)N1CCC(O)C1. The van der Waals surface area contributed by atoms with Crippen LogP contribution in [0.1, 0.15) is 16.9 Å². The number of halogens is 1. The van der Waals surface area contributed by atoms with Gasteiger partial charge in [-0.15, -0.1) is 0 Å². The highest BCUT2D eigenvalue weighted by Gasteiger charge is 2.26. The van der Waals surface area contributed by atoms with Crippen molar-refractivity contribution in [1.29, 1.82) is 0 Å². The smallest absolute Gasteiger partial charge is 0.270 e. The molecule has 0 aromatic carbocycles. The van der Waals surface area contributed by atoms with E-state index < -0.39 is 0 Å². The van der Waals surface area contributed by atoms with Crippen molar-refractivity contribution in [2.45, 2.75) is 12.5 Å². The molecular formula is C10H13BrN2O2. The minimum atomic E-state index is -0.363. The average molecular weight is 273 g/mol. The zero-order valence-corrected chi connectivity index (χ0v) is 10.1.